The molecule has 0 bridgehead atoms. The molecule has 2 heterocycles. The van der Waals surface area contributed by atoms with Gasteiger partial charge in [-0.25, -0.2) is 0 Å². The highest BCUT2D eigenvalue weighted by Crippen LogP contribution is 2.44. The van der Waals surface area contributed by atoms with Gasteiger partial charge in [0, 0.05) is 16.2 Å². The van der Waals surface area contributed by atoms with Crippen LogP contribution in [0.5, 0.6) is 5.75 Å². The van der Waals surface area contributed by atoms with E-state index in [1.54, 1.807) is 60.8 Å². The summed E-state index contributed by atoms with van der Waals surface area (Å²) in [7, 11) is 0. The minimum absolute atomic E-state index is 0.0815. The van der Waals surface area contributed by atoms with E-state index < -0.39 is 17.7 Å². The first-order valence-electron chi connectivity index (χ1n) is 9.16. The smallest absolute Gasteiger partial charge is 0.300 e. The molecule has 7 heteroatoms. The predicted octanol–water partition coefficient (Wildman–Crippen LogP) is 4.48. The van der Waals surface area contributed by atoms with E-state index in [1.807, 2.05) is 6.92 Å². The van der Waals surface area contributed by atoms with Crippen LogP contribution in [0.15, 0.2) is 76.9 Å². The standard InChI is InChI=1S/C23H17BrN2O4/c1-13-5-10-18(27)17(12-13)26-20(16-4-2-3-11-25-16)19(22(29)23(26)30)21(28)14-6-8-15(24)9-7-14/h2-12,20,27-28H,1H3/b21-19+. The van der Waals surface area contributed by atoms with Gasteiger partial charge in [0.05, 0.1) is 17.0 Å². The second-order valence-electron chi connectivity index (χ2n) is 6.92. The quantitative estimate of drug-likeness (QED) is 0.338. The number of Topliss-reactive ketones (excluding diaryl/α,β-unsaturated/α-hetero) is 1. The molecular weight excluding hydrogens is 448 g/mol. The Hall–Kier alpha value is -3.45. The minimum Gasteiger partial charge on any atom is -0.507 e. The zero-order chi connectivity index (χ0) is 21.4. The molecule has 1 aliphatic heterocycles. The Balaban J connectivity index is 1.97. The number of halogens is 1. The number of rotatable bonds is 3. The Morgan fingerprint density at radius 3 is 2.47 bits per heavy atom. The summed E-state index contributed by atoms with van der Waals surface area (Å²) in [5.74, 6) is -2.13. The zero-order valence-corrected chi connectivity index (χ0v) is 17.5. The molecule has 1 atom stereocenters. The van der Waals surface area contributed by atoms with Crippen LogP contribution in [0.2, 0.25) is 0 Å². The van der Waals surface area contributed by atoms with Gasteiger partial charge in [-0.2, -0.15) is 0 Å². The van der Waals surface area contributed by atoms with E-state index in [-0.39, 0.29) is 22.8 Å². The summed E-state index contributed by atoms with van der Waals surface area (Å²) < 4.78 is 0.811. The molecule has 0 radical (unpaired) electrons. The average molecular weight is 465 g/mol. The molecule has 4 rings (SSSR count). The molecule has 150 valence electrons. The highest BCUT2D eigenvalue weighted by Gasteiger charge is 2.48. The lowest BCUT2D eigenvalue weighted by atomic mass is 9.98. The van der Waals surface area contributed by atoms with E-state index >= 15 is 0 Å². The molecular formula is C23H17BrN2O4. The molecule has 2 aromatic carbocycles. The number of anilines is 1. The van der Waals surface area contributed by atoms with Crippen molar-refractivity contribution in [3.63, 3.8) is 0 Å². The number of aromatic nitrogens is 1. The van der Waals surface area contributed by atoms with Crippen molar-refractivity contribution in [1.82, 2.24) is 4.98 Å². The Morgan fingerprint density at radius 2 is 1.80 bits per heavy atom. The Kier molecular flexibility index (Phi) is 5.13. The van der Waals surface area contributed by atoms with E-state index in [0.29, 0.717) is 11.3 Å². The Bertz CT molecular complexity index is 1170. The summed E-state index contributed by atoms with van der Waals surface area (Å²) >= 11 is 3.34. The number of hydrogen-bond acceptors (Lipinski definition) is 5. The zero-order valence-electron chi connectivity index (χ0n) is 15.9. The van der Waals surface area contributed by atoms with Crippen molar-refractivity contribution in [2.75, 3.05) is 4.90 Å². The highest BCUT2D eigenvalue weighted by molar-refractivity contribution is 9.10. The van der Waals surface area contributed by atoms with Crippen LogP contribution in [-0.2, 0) is 9.59 Å². The lowest BCUT2D eigenvalue weighted by Crippen LogP contribution is -2.30. The third kappa shape index (κ3) is 3.37. The number of aliphatic hydroxyl groups excluding tert-OH is 1. The maximum Gasteiger partial charge on any atom is 0.300 e. The van der Waals surface area contributed by atoms with Gasteiger partial charge in [0.2, 0.25) is 0 Å². The van der Waals surface area contributed by atoms with E-state index in [2.05, 4.69) is 20.9 Å². The third-order valence-electron chi connectivity index (χ3n) is 4.92. The van der Waals surface area contributed by atoms with Crippen LogP contribution < -0.4 is 4.90 Å². The fraction of sp³-hybridized carbons (Fsp3) is 0.0870. The second kappa shape index (κ2) is 7.76. The molecule has 0 spiro atoms. The van der Waals surface area contributed by atoms with E-state index in [4.69, 9.17) is 0 Å². The number of ketones is 1. The number of amides is 1. The fourth-order valence-corrected chi connectivity index (χ4v) is 3.75. The maximum absolute atomic E-state index is 13.0. The molecule has 1 aromatic heterocycles. The first-order valence-corrected chi connectivity index (χ1v) is 9.95. The van der Waals surface area contributed by atoms with Crippen LogP contribution in [0.1, 0.15) is 22.9 Å². The van der Waals surface area contributed by atoms with Crippen LogP contribution in [0.25, 0.3) is 5.76 Å². The summed E-state index contributed by atoms with van der Waals surface area (Å²) in [6, 6.07) is 15.7. The van der Waals surface area contributed by atoms with E-state index in [0.717, 1.165) is 10.0 Å². The van der Waals surface area contributed by atoms with Crippen molar-refractivity contribution < 1.29 is 19.8 Å². The summed E-state index contributed by atoms with van der Waals surface area (Å²) in [6.07, 6.45) is 1.55. The van der Waals surface area contributed by atoms with Gasteiger partial charge in [-0.1, -0.05) is 40.2 Å². The van der Waals surface area contributed by atoms with Gasteiger partial charge in [-0.05, 0) is 48.9 Å². The number of phenolic OH excluding ortho intramolecular Hbond substituents is 1. The maximum atomic E-state index is 13.0. The van der Waals surface area contributed by atoms with Gasteiger partial charge in [-0.15, -0.1) is 0 Å². The average Bonchev–Trinajstić information content (AvgIpc) is 3.01. The lowest BCUT2D eigenvalue weighted by Gasteiger charge is -2.25. The first kappa shape index (κ1) is 19.8. The van der Waals surface area contributed by atoms with Crippen LogP contribution in [0.4, 0.5) is 5.69 Å². The number of carbonyl (C=O) groups is 2. The number of aryl methyl sites for hydroxylation is 1. The summed E-state index contributed by atoms with van der Waals surface area (Å²) in [6.45, 7) is 1.82. The Labute approximate surface area is 181 Å². The van der Waals surface area contributed by atoms with Crippen LogP contribution in [-0.4, -0.2) is 26.9 Å². The predicted molar refractivity (Wildman–Crippen MR) is 116 cm³/mol. The van der Waals surface area contributed by atoms with Crippen molar-refractivity contribution in [3.05, 3.63) is 93.7 Å². The molecule has 1 unspecified atom stereocenters. The summed E-state index contributed by atoms with van der Waals surface area (Å²) in [5, 5.41) is 21.4. The number of benzene rings is 2. The molecule has 3 aromatic rings. The fourth-order valence-electron chi connectivity index (χ4n) is 3.49. The minimum atomic E-state index is -0.984. The summed E-state index contributed by atoms with van der Waals surface area (Å²) in [4.78, 5) is 31.6. The molecule has 30 heavy (non-hydrogen) atoms. The van der Waals surface area contributed by atoms with Crippen molar-refractivity contribution in [2.45, 2.75) is 13.0 Å². The molecule has 1 aliphatic rings. The van der Waals surface area contributed by atoms with Crippen molar-refractivity contribution >= 4 is 39.1 Å². The van der Waals surface area contributed by atoms with Gasteiger partial charge in [-0.3, -0.25) is 19.5 Å². The van der Waals surface area contributed by atoms with E-state index in [1.165, 1.54) is 11.0 Å². The number of phenols is 1. The number of carbonyl (C=O) groups excluding carboxylic acids is 2. The first-order chi connectivity index (χ1) is 14.4. The number of pyridine rings is 1. The number of hydrogen-bond donors (Lipinski definition) is 2. The molecule has 0 saturated carbocycles. The van der Waals surface area contributed by atoms with Crippen LogP contribution in [0.3, 0.4) is 0 Å². The monoisotopic (exact) mass is 464 g/mol. The second-order valence-corrected chi connectivity index (χ2v) is 7.84. The lowest BCUT2D eigenvalue weighted by molar-refractivity contribution is -0.132. The van der Waals surface area contributed by atoms with Crippen molar-refractivity contribution in [2.24, 2.45) is 0 Å². The van der Waals surface area contributed by atoms with Gasteiger partial charge in [0.25, 0.3) is 11.7 Å². The van der Waals surface area contributed by atoms with Crippen LogP contribution in [0, 0.1) is 6.92 Å². The molecule has 1 saturated heterocycles. The molecule has 6 nitrogen and oxygen atoms in total. The normalized spacial score (nSPS) is 18.1. The van der Waals surface area contributed by atoms with Gasteiger partial charge >= 0.3 is 0 Å². The van der Waals surface area contributed by atoms with Crippen molar-refractivity contribution in [3.8, 4) is 5.75 Å². The van der Waals surface area contributed by atoms with Crippen molar-refractivity contribution in [1.29, 1.82) is 0 Å². The van der Waals surface area contributed by atoms with Gasteiger partial charge < -0.3 is 10.2 Å². The number of nitrogens with zero attached hydrogens (tertiary/aromatic N) is 2. The topological polar surface area (TPSA) is 90.7 Å². The molecule has 1 fully saturated rings. The van der Waals surface area contributed by atoms with Gasteiger partial charge in [0.1, 0.15) is 17.6 Å². The molecule has 2 N–H and O–H groups in total. The Morgan fingerprint density at radius 1 is 1.07 bits per heavy atom. The summed E-state index contributed by atoms with van der Waals surface area (Å²) in [5.41, 5.74) is 1.70. The SMILES string of the molecule is Cc1ccc(O)c(N2C(=O)C(=O)/C(=C(/O)c3ccc(Br)cc3)C2c2ccccn2)c1. The highest BCUT2D eigenvalue weighted by atomic mass is 79.9. The largest absolute Gasteiger partial charge is 0.507 e. The number of aromatic hydroxyl groups is 1. The molecule has 0 aliphatic carbocycles. The van der Waals surface area contributed by atoms with E-state index in [9.17, 15) is 19.8 Å². The van der Waals surface area contributed by atoms with Gasteiger partial charge in [0.15, 0.2) is 0 Å². The molecule has 1 amide bonds. The van der Waals surface area contributed by atoms with Crippen LogP contribution >= 0.6 is 15.9 Å². The number of aliphatic hydroxyl groups is 1. The third-order valence-corrected chi connectivity index (χ3v) is 5.45.